The Labute approximate surface area is 136 Å². The summed E-state index contributed by atoms with van der Waals surface area (Å²) in [6.07, 6.45) is 3.15. The molecule has 0 atom stereocenters. The van der Waals surface area contributed by atoms with Gasteiger partial charge in [-0.2, -0.15) is 0 Å². The summed E-state index contributed by atoms with van der Waals surface area (Å²) in [5, 5.41) is 9.53. The van der Waals surface area contributed by atoms with E-state index >= 15 is 0 Å². The Morgan fingerprint density at radius 3 is 2.73 bits per heavy atom. The number of hydrogen-bond acceptors (Lipinski definition) is 7. The molecule has 8 heteroatoms. The molecule has 1 aromatic carbocycles. The van der Waals surface area contributed by atoms with Gasteiger partial charge in [0.05, 0.1) is 0 Å². The van der Waals surface area contributed by atoms with Crippen LogP contribution in [0.2, 0.25) is 5.02 Å². The first-order valence-corrected chi connectivity index (χ1v) is 7.74. The van der Waals surface area contributed by atoms with Gasteiger partial charge in [0.25, 0.3) is 0 Å². The van der Waals surface area contributed by atoms with E-state index in [1.807, 2.05) is 29.6 Å². The molecule has 3 rings (SSSR count). The second-order valence-electron chi connectivity index (χ2n) is 4.39. The van der Waals surface area contributed by atoms with Crippen molar-refractivity contribution < 1.29 is 0 Å². The zero-order valence-corrected chi connectivity index (χ0v) is 13.0. The second kappa shape index (κ2) is 6.59. The van der Waals surface area contributed by atoms with E-state index in [0.717, 1.165) is 10.7 Å². The Morgan fingerprint density at radius 2 is 1.95 bits per heavy atom. The third kappa shape index (κ3) is 3.26. The molecule has 0 saturated carbocycles. The molecule has 0 unspecified atom stereocenters. The Balaban J connectivity index is 1.75. The van der Waals surface area contributed by atoms with E-state index < -0.39 is 0 Å². The lowest BCUT2D eigenvalue weighted by Crippen LogP contribution is -2.08. The minimum absolute atomic E-state index is 0.435. The predicted octanol–water partition coefficient (Wildman–Crippen LogP) is 3.52. The van der Waals surface area contributed by atoms with Crippen LogP contribution in [0.15, 0.2) is 42.2 Å². The lowest BCUT2D eigenvalue weighted by Gasteiger charge is -2.12. The Hall–Kier alpha value is -2.38. The van der Waals surface area contributed by atoms with E-state index in [0.29, 0.717) is 28.9 Å². The predicted molar refractivity (Wildman–Crippen MR) is 90.6 cm³/mol. The molecule has 0 spiro atoms. The van der Waals surface area contributed by atoms with Gasteiger partial charge in [-0.25, -0.2) is 15.0 Å². The van der Waals surface area contributed by atoms with Crippen molar-refractivity contribution in [1.82, 2.24) is 15.0 Å². The van der Waals surface area contributed by atoms with Crippen LogP contribution >= 0.6 is 22.9 Å². The molecule has 2 heterocycles. The molecule has 0 saturated heterocycles. The van der Waals surface area contributed by atoms with Gasteiger partial charge in [0.2, 0.25) is 0 Å². The number of hydrogen-bond donors (Lipinski definition) is 3. The first kappa shape index (κ1) is 14.6. The molecular formula is C14H13ClN6S. The van der Waals surface area contributed by atoms with Crippen molar-refractivity contribution in [2.24, 2.45) is 0 Å². The molecule has 0 aliphatic carbocycles. The fourth-order valence-electron chi connectivity index (χ4n) is 1.84. The van der Waals surface area contributed by atoms with Crippen molar-refractivity contribution in [3.8, 4) is 0 Å². The smallest absolute Gasteiger partial charge is 0.188 e. The summed E-state index contributed by atoms with van der Waals surface area (Å²) >= 11 is 7.60. The highest BCUT2D eigenvalue weighted by Crippen LogP contribution is 2.27. The van der Waals surface area contributed by atoms with E-state index in [9.17, 15) is 0 Å². The molecular weight excluding hydrogens is 320 g/mol. The molecule has 2 aromatic heterocycles. The van der Waals surface area contributed by atoms with Crippen LogP contribution in [0.3, 0.4) is 0 Å². The van der Waals surface area contributed by atoms with E-state index in [-0.39, 0.29) is 0 Å². The molecule has 22 heavy (non-hydrogen) atoms. The maximum Gasteiger partial charge on any atom is 0.188 e. The highest BCUT2D eigenvalue weighted by atomic mass is 35.5. The van der Waals surface area contributed by atoms with Gasteiger partial charge in [-0.3, -0.25) is 0 Å². The van der Waals surface area contributed by atoms with Crippen molar-refractivity contribution in [3.63, 3.8) is 0 Å². The van der Waals surface area contributed by atoms with Crippen LogP contribution < -0.4 is 16.4 Å². The number of nitrogens with one attached hydrogen (secondary N) is 2. The third-order valence-corrected chi connectivity index (χ3v) is 4.00. The second-order valence-corrected chi connectivity index (χ2v) is 5.69. The first-order chi connectivity index (χ1) is 10.7. The molecule has 3 aromatic rings. The van der Waals surface area contributed by atoms with Crippen molar-refractivity contribution in [2.45, 2.75) is 6.54 Å². The van der Waals surface area contributed by atoms with Gasteiger partial charge >= 0.3 is 0 Å². The third-order valence-electron chi connectivity index (χ3n) is 2.95. The SMILES string of the molecule is Nc1c(NCc2ccccc2Cl)ncnc1Nc1nccs1. The molecule has 0 fully saturated rings. The van der Waals surface area contributed by atoms with Crippen molar-refractivity contribution >= 4 is 45.4 Å². The topological polar surface area (TPSA) is 88.8 Å². The van der Waals surface area contributed by atoms with E-state index in [1.54, 1.807) is 6.20 Å². The number of thiazole rings is 1. The molecule has 6 nitrogen and oxygen atoms in total. The highest BCUT2D eigenvalue weighted by Gasteiger charge is 2.09. The molecule has 0 aliphatic heterocycles. The quantitative estimate of drug-likeness (QED) is 0.662. The summed E-state index contributed by atoms with van der Waals surface area (Å²) < 4.78 is 0. The normalized spacial score (nSPS) is 10.4. The lowest BCUT2D eigenvalue weighted by atomic mass is 10.2. The number of nitrogens with two attached hydrogens (primary N) is 1. The minimum Gasteiger partial charge on any atom is -0.393 e. The fraction of sp³-hybridized carbons (Fsp3) is 0.0714. The van der Waals surface area contributed by atoms with Crippen LogP contribution in [0.4, 0.5) is 22.5 Å². The molecule has 4 N–H and O–H groups in total. The number of anilines is 4. The van der Waals surface area contributed by atoms with Crippen LogP contribution in [-0.2, 0) is 6.54 Å². The van der Waals surface area contributed by atoms with Gasteiger partial charge in [0.15, 0.2) is 16.8 Å². The van der Waals surface area contributed by atoms with Crippen LogP contribution in [0.25, 0.3) is 0 Å². The maximum absolute atomic E-state index is 6.13. The van der Waals surface area contributed by atoms with Gasteiger partial charge in [-0.1, -0.05) is 29.8 Å². The monoisotopic (exact) mass is 332 g/mol. The molecule has 0 bridgehead atoms. The number of aromatic nitrogens is 3. The number of benzene rings is 1. The largest absolute Gasteiger partial charge is 0.393 e. The standard InChI is InChI=1S/C14H13ClN6S/c15-10-4-2-1-3-9(10)7-18-12-11(16)13(20-8-19-12)21-14-17-5-6-22-14/h1-6,8H,7,16H2,(H2,17,18,19,20,21). The first-order valence-electron chi connectivity index (χ1n) is 6.48. The summed E-state index contributed by atoms with van der Waals surface area (Å²) in [5.41, 5.74) is 7.50. The van der Waals surface area contributed by atoms with Gasteiger partial charge < -0.3 is 16.4 Å². The van der Waals surface area contributed by atoms with Crippen LogP contribution in [0.1, 0.15) is 5.56 Å². The van der Waals surface area contributed by atoms with E-state index in [1.165, 1.54) is 17.7 Å². The average Bonchev–Trinajstić information content (AvgIpc) is 3.03. The molecule has 0 radical (unpaired) electrons. The van der Waals surface area contributed by atoms with E-state index in [2.05, 4.69) is 25.6 Å². The van der Waals surface area contributed by atoms with Crippen molar-refractivity contribution in [2.75, 3.05) is 16.4 Å². The van der Waals surface area contributed by atoms with Gasteiger partial charge in [-0.05, 0) is 11.6 Å². The van der Waals surface area contributed by atoms with Gasteiger partial charge in [-0.15, -0.1) is 11.3 Å². The summed E-state index contributed by atoms with van der Waals surface area (Å²) in [5.74, 6) is 1.07. The zero-order chi connectivity index (χ0) is 15.4. The van der Waals surface area contributed by atoms with Gasteiger partial charge in [0.1, 0.15) is 12.0 Å². The van der Waals surface area contributed by atoms with Crippen LogP contribution in [0, 0.1) is 0 Å². The average molecular weight is 333 g/mol. The summed E-state index contributed by atoms with van der Waals surface area (Å²) in [4.78, 5) is 12.4. The zero-order valence-electron chi connectivity index (χ0n) is 11.5. The van der Waals surface area contributed by atoms with Gasteiger partial charge in [0, 0.05) is 23.1 Å². The fourth-order valence-corrected chi connectivity index (χ4v) is 2.57. The highest BCUT2D eigenvalue weighted by molar-refractivity contribution is 7.13. The summed E-state index contributed by atoms with van der Waals surface area (Å²) in [6.45, 7) is 0.525. The lowest BCUT2D eigenvalue weighted by molar-refractivity contribution is 1.09. The molecule has 0 aliphatic rings. The van der Waals surface area contributed by atoms with E-state index in [4.69, 9.17) is 17.3 Å². The van der Waals surface area contributed by atoms with Crippen LogP contribution in [-0.4, -0.2) is 15.0 Å². The van der Waals surface area contributed by atoms with Crippen LogP contribution in [0.5, 0.6) is 0 Å². The van der Waals surface area contributed by atoms with Crippen molar-refractivity contribution in [3.05, 3.63) is 52.8 Å². The Morgan fingerprint density at radius 1 is 1.14 bits per heavy atom. The summed E-state index contributed by atoms with van der Waals surface area (Å²) in [7, 11) is 0. The Bertz CT molecular complexity index is 762. The molecule has 112 valence electrons. The number of nitrogen functional groups attached to an aromatic ring is 1. The number of halogens is 1. The Kier molecular flexibility index (Phi) is 4.36. The summed E-state index contributed by atoms with van der Waals surface area (Å²) in [6, 6.07) is 7.61. The van der Waals surface area contributed by atoms with Crippen molar-refractivity contribution in [1.29, 1.82) is 0 Å². The maximum atomic E-state index is 6.13. The minimum atomic E-state index is 0.435. The number of rotatable bonds is 5. The molecule has 0 amide bonds. The number of nitrogens with zero attached hydrogens (tertiary/aromatic N) is 3.